The third-order valence-electron chi connectivity index (χ3n) is 4.58. The summed E-state index contributed by atoms with van der Waals surface area (Å²) < 4.78 is 11.6. The normalized spacial score (nSPS) is 11.6. The molecule has 1 heterocycles. The van der Waals surface area contributed by atoms with Crippen molar-refractivity contribution in [1.29, 1.82) is 0 Å². The van der Waals surface area contributed by atoms with Crippen LogP contribution in [0.5, 0.6) is 5.75 Å². The molecule has 146 valence electrons. The topological polar surface area (TPSA) is 63.8 Å². The van der Waals surface area contributed by atoms with Crippen molar-refractivity contribution in [2.45, 2.75) is 40.0 Å². The summed E-state index contributed by atoms with van der Waals surface area (Å²) in [6, 6.07) is 15.1. The molecule has 5 nitrogen and oxygen atoms in total. The first-order chi connectivity index (χ1) is 13.6. The molecule has 28 heavy (non-hydrogen) atoms. The monoisotopic (exact) mass is 378 g/mol. The Balaban J connectivity index is 2.03. The van der Waals surface area contributed by atoms with Gasteiger partial charge in [0.25, 0.3) is 0 Å². The van der Waals surface area contributed by atoms with Crippen molar-refractivity contribution in [2.24, 2.45) is 5.10 Å². The maximum absolute atomic E-state index is 12.0. The van der Waals surface area contributed by atoms with Crippen LogP contribution >= 0.6 is 0 Å². The number of rotatable bonds is 8. The first-order valence-electron chi connectivity index (χ1n) is 9.66. The minimum absolute atomic E-state index is 0.377. The summed E-state index contributed by atoms with van der Waals surface area (Å²) in [4.78, 5) is 12.0. The fourth-order valence-corrected chi connectivity index (χ4v) is 3.08. The molecule has 5 heteroatoms. The summed E-state index contributed by atoms with van der Waals surface area (Å²) >= 11 is 0. The highest BCUT2D eigenvalue weighted by atomic mass is 16.5. The summed E-state index contributed by atoms with van der Waals surface area (Å²) in [6.45, 7) is 6.55. The van der Waals surface area contributed by atoms with Crippen molar-refractivity contribution in [3.05, 3.63) is 70.1 Å². The lowest BCUT2D eigenvalue weighted by molar-refractivity contribution is 0.305. The van der Waals surface area contributed by atoms with Crippen molar-refractivity contribution < 1.29 is 9.15 Å². The molecule has 0 saturated carbocycles. The van der Waals surface area contributed by atoms with Crippen LogP contribution in [0.1, 0.15) is 44.2 Å². The number of nitrogens with one attached hydrogen (secondary N) is 1. The lowest BCUT2D eigenvalue weighted by Crippen LogP contribution is -2.08. The average Bonchev–Trinajstić information content (AvgIpc) is 2.69. The van der Waals surface area contributed by atoms with E-state index in [1.54, 1.807) is 0 Å². The van der Waals surface area contributed by atoms with Gasteiger partial charge in [-0.05, 0) is 50.1 Å². The zero-order valence-electron chi connectivity index (χ0n) is 16.6. The molecule has 3 aromatic rings. The standard InChI is InChI=1S/C23H26N2O3/c1-4-5-9-14-27-20-13-12-19-16(2)15-21(26)28-23(19)22(20)17(3)24-25-18-10-7-6-8-11-18/h6-8,10-13,15,25H,4-5,9,14H2,1-3H3. The summed E-state index contributed by atoms with van der Waals surface area (Å²) in [7, 11) is 0. The van der Waals surface area contributed by atoms with Gasteiger partial charge >= 0.3 is 5.63 Å². The van der Waals surface area contributed by atoms with Gasteiger partial charge in [0.05, 0.1) is 23.6 Å². The number of para-hydroxylation sites is 1. The van der Waals surface area contributed by atoms with Crippen LogP contribution in [0.2, 0.25) is 0 Å². The number of hydrogen-bond acceptors (Lipinski definition) is 5. The minimum atomic E-state index is -0.377. The molecule has 0 aliphatic heterocycles. The molecule has 0 radical (unpaired) electrons. The average molecular weight is 378 g/mol. The molecule has 1 N–H and O–H groups in total. The largest absolute Gasteiger partial charge is 0.493 e. The van der Waals surface area contributed by atoms with Gasteiger partial charge in [-0.1, -0.05) is 38.0 Å². The Morgan fingerprint density at radius 2 is 1.93 bits per heavy atom. The molecular weight excluding hydrogens is 352 g/mol. The number of hydrazone groups is 1. The summed E-state index contributed by atoms with van der Waals surface area (Å²) in [5.74, 6) is 0.675. The van der Waals surface area contributed by atoms with E-state index in [0.29, 0.717) is 29.2 Å². The molecule has 0 aliphatic carbocycles. The Kier molecular flexibility index (Phi) is 6.48. The highest BCUT2D eigenvalue weighted by Gasteiger charge is 2.16. The van der Waals surface area contributed by atoms with E-state index in [0.717, 1.165) is 35.9 Å². The number of fused-ring (bicyclic) bond motifs is 1. The molecule has 0 atom stereocenters. The number of nitrogens with zero attached hydrogens (tertiary/aromatic N) is 1. The minimum Gasteiger partial charge on any atom is -0.493 e. The van der Waals surface area contributed by atoms with E-state index >= 15 is 0 Å². The van der Waals surface area contributed by atoms with Crippen molar-refractivity contribution in [1.82, 2.24) is 0 Å². The molecule has 0 amide bonds. The molecule has 0 aliphatic rings. The van der Waals surface area contributed by atoms with Crippen molar-refractivity contribution in [3.8, 4) is 5.75 Å². The van der Waals surface area contributed by atoms with E-state index in [4.69, 9.17) is 9.15 Å². The van der Waals surface area contributed by atoms with Gasteiger partial charge in [-0.2, -0.15) is 5.10 Å². The highest BCUT2D eigenvalue weighted by molar-refractivity contribution is 6.10. The van der Waals surface area contributed by atoms with Gasteiger partial charge in [0.1, 0.15) is 5.75 Å². The fraction of sp³-hybridized carbons (Fsp3) is 0.304. The smallest absolute Gasteiger partial charge is 0.336 e. The van der Waals surface area contributed by atoms with Crippen LogP contribution in [-0.2, 0) is 0 Å². The molecule has 0 fully saturated rings. The van der Waals surface area contributed by atoms with E-state index < -0.39 is 0 Å². The Morgan fingerprint density at radius 3 is 2.68 bits per heavy atom. The first-order valence-corrected chi connectivity index (χ1v) is 9.66. The van der Waals surface area contributed by atoms with E-state index in [9.17, 15) is 4.79 Å². The second-order valence-electron chi connectivity index (χ2n) is 6.79. The highest BCUT2D eigenvalue weighted by Crippen LogP contribution is 2.30. The van der Waals surface area contributed by atoms with Crippen molar-refractivity contribution >= 4 is 22.4 Å². The van der Waals surface area contributed by atoms with E-state index in [1.165, 1.54) is 6.07 Å². The number of unbranched alkanes of at least 4 members (excludes halogenated alkanes) is 2. The van der Waals surface area contributed by atoms with Crippen LogP contribution in [0.4, 0.5) is 5.69 Å². The number of benzene rings is 2. The Hall–Kier alpha value is -3.08. The molecule has 1 aromatic heterocycles. The van der Waals surface area contributed by atoms with Gasteiger partial charge in [0.2, 0.25) is 0 Å². The van der Waals surface area contributed by atoms with Crippen molar-refractivity contribution in [2.75, 3.05) is 12.0 Å². The van der Waals surface area contributed by atoms with Crippen molar-refractivity contribution in [3.63, 3.8) is 0 Å². The Morgan fingerprint density at radius 1 is 1.14 bits per heavy atom. The van der Waals surface area contributed by atoms with Gasteiger partial charge in [-0.15, -0.1) is 0 Å². The maximum Gasteiger partial charge on any atom is 0.336 e. The third kappa shape index (κ3) is 4.60. The van der Waals surface area contributed by atoms with Crippen LogP contribution in [-0.4, -0.2) is 12.3 Å². The zero-order chi connectivity index (χ0) is 19.9. The van der Waals surface area contributed by atoms with Crippen LogP contribution in [0, 0.1) is 6.92 Å². The molecule has 0 saturated heterocycles. The van der Waals surface area contributed by atoms with Gasteiger partial charge in [-0.25, -0.2) is 4.79 Å². The second kappa shape index (κ2) is 9.22. The number of aryl methyl sites for hydroxylation is 1. The lowest BCUT2D eigenvalue weighted by Gasteiger charge is -2.14. The SMILES string of the molecule is CCCCCOc1ccc2c(C)cc(=O)oc2c1C(C)=NNc1ccccc1. The van der Waals surface area contributed by atoms with Crippen LogP contribution in [0.25, 0.3) is 11.0 Å². The second-order valence-corrected chi connectivity index (χ2v) is 6.79. The maximum atomic E-state index is 12.0. The van der Waals surface area contributed by atoms with Gasteiger partial charge < -0.3 is 9.15 Å². The fourth-order valence-electron chi connectivity index (χ4n) is 3.08. The summed E-state index contributed by atoms with van der Waals surface area (Å²) in [6.07, 6.45) is 3.22. The number of hydrogen-bond donors (Lipinski definition) is 1. The molecule has 0 unspecified atom stereocenters. The predicted octanol–water partition coefficient (Wildman–Crippen LogP) is 5.51. The van der Waals surface area contributed by atoms with Gasteiger partial charge in [-0.3, -0.25) is 5.43 Å². The van der Waals surface area contributed by atoms with Crippen LogP contribution in [0.15, 0.2) is 62.8 Å². The molecule has 0 bridgehead atoms. The van der Waals surface area contributed by atoms with E-state index in [-0.39, 0.29) is 5.63 Å². The first kappa shape index (κ1) is 19.7. The van der Waals surface area contributed by atoms with Gasteiger partial charge in [0, 0.05) is 11.5 Å². The predicted molar refractivity (Wildman–Crippen MR) is 115 cm³/mol. The van der Waals surface area contributed by atoms with Crippen LogP contribution < -0.4 is 15.8 Å². The lowest BCUT2D eigenvalue weighted by atomic mass is 10.0. The zero-order valence-corrected chi connectivity index (χ0v) is 16.6. The molecule has 2 aromatic carbocycles. The number of ether oxygens (including phenoxy) is 1. The quantitative estimate of drug-likeness (QED) is 0.243. The Labute approximate surface area is 165 Å². The molecule has 3 rings (SSSR count). The van der Waals surface area contributed by atoms with E-state index in [1.807, 2.05) is 56.3 Å². The summed E-state index contributed by atoms with van der Waals surface area (Å²) in [5, 5.41) is 5.38. The van der Waals surface area contributed by atoms with Gasteiger partial charge in [0.15, 0.2) is 5.58 Å². The third-order valence-corrected chi connectivity index (χ3v) is 4.58. The molecule has 0 spiro atoms. The summed E-state index contributed by atoms with van der Waals surface area (Å²) in [5.41, 5.74) is 6.33. The van der Waals surface area contributed by atoms with Crippen LogP contribution in [0.3, 0.4) is 0 Å². The molecular formula is C23H26N2O3. The Bertz CT molecular complexity index is 1020. The number of anilines is 1. The van der Waals surface area contributed by atoms with E-state index in [2.05, 4.69) is 17.5 Å².